The predicted octanol–water partition coefficient (Wildman–Crippen LogP) is 1.82. The van der Waals surface area contributed by atoms with E-state index in [2.05, 4.69) is 20.5 Å². The Hall–Kier alpha value is -2.52. The van der Waals surface area contributed by atoms with E-state index in [1.165, 1.54) is 6.07 Å². The van der Waals surface area contributed by atoms with Crippen molar-refractivity contribution in [3.8, 4) is 0 Å². The lowest BCUT2D eigenvalue weighted by Gasteiger charge is -2.16. The van der Waals surface area contributed by atoms with Gasteiger partial charge in [0, 0.05) is 18.3 Å². The molecule has 0 spiro atoms. The first-order chi connectivity index (χ1) is 11.9. The van der Waals surface area contributed by atoms with E-state index < -0.39 is 10.0 Å². The number of fused-ring (bicyclic) bond motifs is 1. The lowest BCUT2D eigenvalue weighted by molar-refractivity contribution is 0.597. The molecule has 0 aliphatic heterocycles. The van der Waals surface area contributed by atoms with E-state index in [0.29, 0.717) is 17.4 Å². The molecule has 0 bridgehead atoms. The molecule has 4 rings (SSSR count). The van der Waals surface area contributed by atoms with Crippen molar-refractivity contribution in [2.45, 2.75) is 36.6 Å². The van der Waals surface area contributed by atoms with E-state index in [1.54, 1.807) is 18.3 Å². The summed E-state index contributed by atoms with van der Waals surface area (Å²) in [4.78, 5) is 4.45. The van der Waals surface area contributed by atoms with Crippen molar-refractivity contribution in [2.24, 2.45) is 5.14 Å². The van der Waals surface area contributed by atoms with Crippen molar-refractivity contribution in [3.63, 3.8) is 0 Å². The molecule has 0 saturated heterocycles. The van der Waals surface area contributed by atoms with Gasteiger partial charge in [0.2, 0.25) is 15.7 Å². The molecular formula is C16H18N6O2S. The van der Waals surface area contributed by atoms with E-state index in [1.807, 2.05) is 23.6 Å². The van der Waals surface area contributed by atoms with Gasteiger partial charge in [0.05, 0.1) is 10.9 Å². The second-order valence-electron chi connectivity index (χ2n) is 6.29. The zero-order valence-corrected chi connectivity index (χ0v) is 14.4. The molecule has 25 heavy (non-hydrogen) atoms. The maximum Gasteiger partial charge on any atom is 0.238 e. The number of anilines is 1. The van der Waals surface area contributed by atoms with E-state index >= 15 is 0 Å². The average Bonchev–Trinajstić information content (AvgIpc) is 3.33. The maximum atomic E-state index is 11.5. The van der Waals surface area contributed by atoms with Crippen LogP contribution in [0.3, 0.4) is 0 Å². The molecule has 1 unspecified atom stereocenters. The number of nitrogens with one attached hydrogen (secondary N) is 1. The third kappa shape index (κ3) is 3.08. The lowest BCUT2D eigenvalue weighted by atomic mass is 10.1. The van der Waals surface area contributed by atoms with Gasteiger partial charge in [0.15, 0.2) is 5.82 Å². The number of hydrogen-bond acceptors (Lipinski definition) is 6. The fourth-order valence-corrected chi connectivity index (χ4v) is 3.38. The minimum Gasteiger partial charge on any atom is -0.360 e. The van der Waals surface area contributed by atoms with Gasteiger partial charge in [-0.1, -0.05) is 12.1 Å². The summed E-state index contributed by atoms with van der Waals surface area (Å²) in [5, 5.41) is 17.0. The number of sulfonamides is 1. The van der Waals surface area contributed by atoms with Gasteiger partial charge in [0.25, 0.3) is 0 Å². The van der Waals surface area contributed by atoms with Crippen molar-refractivity contribution in [1.82, 2.24) is 19.6 Å². The van der Waals surface area contributed by atoms with Gasteiger partial charge >= 0.3 is 0 Å². The average molecular weight is 358 g/mol. The van der Waals surface area contributed by atoms with Gasteiger partial charge in [0.1, 0.15) is 5.82 Å². The molecule has 0 amide bonds. The summed E-state index contributed by atoms with van der Waals surface area (Å²) < 4.78 is 25.0. The number of aromatic nitrogens is 4. The first-order valence-electron chi connectivity index (χ1n) is 8.02. The summed E-state index contributed by atoms with van der Waals surface area (Å²) in [6.45, 7) is 1.92. The third-order valence-corrected chi connectivity index (χ3v) is 5.25. The number of rotatable bonds is 5. The normalized spacial score (nSPS) is 16.1. The minimum absolute atomic E-state index is 0.0864. The van der Waals surface area contributed by atoms with Crippen molar-refractivity contribution in [3.05, 3.63) is 48.0 Å². The third-order valence-electron chi connectivity index (χ3n) is 4.34. The Morgan fingerprint density at radius 1 is 1.32 bits per heavy atom. The Kier molecular flexibility index (Phi) is 3.69. The molecule has 3 N–H and O–H groups in total. The summed E-state index contributed by atoms with van der Waals surface area (Å²) >= 11 is 0. The molecule has 2 heterocycles. The molecular weight excluding hydrogens is 340 g/mol. The Morgan fingerprint density at radius 3 is 2.84 bits per heavy atom. The molecule has 130 valence electrons. The van der Waals surface area contributed by atoms with Crippen LogP contribution in [0.4, 0.5) is 5.82 Å². The fraction of sp³-hybridized carbons (Fsp3) is 0.312. The standard InChI is InChI=1S/C16H18N6O2S/c1-10(12-3-2-4-13(9-12)25(17,23)24)19-14-16-21-20-15(11-5-6-11)22(16)8-7-18-14/h2-4,7-11H,5-6H2,1H3,(H,18,19)(H2,17,23,24). The molecule has 1 fully saturated rings. The van der Waals surface area contributed by atoms with E-state index in [-0.39, 0.29) is 10.9 Å². The molecule has 1 aromatic carbocycles. The van der Waals surface area contributed by atoms with Crippen LogP contribution in [0.2, 0.25) is 0 Å². The topological polar surface area (TPSA) is 115 Å². The van der Waals surface area contributed by atoms with Crippen LogP contribution in [0.25, 0.3) is 5.65 Å². The highest BCUT2D eigenvalue weighted by atomic mass is 32.2. The molecule has 3 aromatic rings. The molecule has 1 aliphatic carbocycles. The SMILES string of the molecule is CC(Nc1nccn2c(C3CC3)nnc12)c1cccc(S(N)(=O)=O)c1. The Balaban J connectivity index is 1.65. The lowest BCUT2D eigenvalue weighted by Crippen LogP contribution is -2.14. The second kappa shape index (κ2) is 5.78. The summed E-state index contributed by atoms with van der Waals surface area (Å²) in [5.41, 5.74) is 1.45. The van der Waals surface area contributed by atoms with Crippen molar-refractivity contribution >= 4 is 21.5 Å². The molecule has 2 aromatic heterocycles. The van der Waals surface area contributed by atoms with Gasteiger partial charge < -0.3 is 5.32 Å². The predicted molar refractivity (Wildman–Crippen MR) is 92.6 cm³/mol. The summed E-state index contributed by atoms with van der Waals surface area (Å²) in [6.07, 6.45) is 5.85. The summed E-state index contributed by atoms with van der Waals surface area (Å²) in [7, 11) is -3.74. The van der Waals surface area contributed by atoms with Crippen molar-refractivity contribution < 1.29 is 8.42 Å². The minimum atomic E-state index is -3.74. The van der Waals surface area contributed by atoms with Gasteiger partial charge in [-0.3, -0.25) is 4.40 Å². The van der Waals surface area contributed by atoms with Crippen LogP contribution in [-0.2, 0) is 10.0 Å². The quantitative estimate of drug-likeness (QED) is 0.719. The number of hydrogen-bond donors (Lipinski definition) is 2. The number of primary sulfonamides is 1. The smallest absolute Gasteiger partial charge is 0.238 e. The van der Waals surface area contributed by atoms with Crippen LogP contribution in [0, 0.1) is 0 Å². The van der Waals surface area contributed by atoms with Gasteiger partial charge in [-0.2, -0.15) is 0 Å². The number of nitrogens with two attached hydrogens (primary N) is 1. The van der Waals surface area contributed by atoms with Crippen LogP contribution in [0.1, 0.15) is 43.1 Å². The first kappa shape index (κ1) is 16.0. The Bertz CT molecular complexity index is 1040. The largest absolute Gasteiger partial charge is 0.360 e. The molecule has 1 aliphatic rings. The van der Waals surface area contributed by atoms with Crippen LogP contribution in [0.15, 0.2) is 41.6 Å². The van der Waals surface area contributed by atoms with Crippen LogP contribution in [-0.4, -0.2) is 28.0 Å². The van der Waals surface area contributed by atoms with Gasteiger partial charge in [-0.05, 0) is 37.5 Å². The summed E-state index contributed by atoms with van der Waals surface area (Å²) in [5.74, 6) is 2.05. The molecule has 1 saturated carbocycles. The first-order valence-corrected chi connectivity index (χ1v) is 9.57. The highest BCUT2D eigenvalue weighted by Crippen LogP contribution is 2.39. The number of benzene rings is 1. The zero-order chi connectivity index (χ0) is 17.6. The molecule has 8 nitrogen and oxygen atoms in total. The highest BCUT2D eigenvalue weighted by molar-refractivity contribution is 7.89. The number of nitrogens with zero attached hydrogens (tertiary/aromatic N) is 4. The molecule has 1 atom stereocenters. The fourth-order valence-electron chi connectivity index (χ4n) is 2.82. The Morgan fingerprint density at radius 2 is 2.12 bits per heavy atom. The van der Waals surface area contributed by atoms with Crippen molar-refractivity contribution in [2.75, 3.05) is 5.32 Å². The zero-order valence-electron chi connectivity index (χ0n) is 13.6. The van der Waals surface area contributed by atoms with E-state index in [9.17, 15) is 8.42 Å². The van der Waals surface area contributed by atoms with E-state index in [4.69, 9.17) is 5.14 Å². The molecule has 0 radical (unpaired) electrons. The monoisotopic (exact) mass is 358 g/mol. The maximum absolute atomic E-state index is 11.5. The van der Waals surface area contributed by atoms with Crippen molar-refractivity contribution in [1.29, 1.82) is 0 Å². The van der Waals surface area contributed by atoms with Gasteiger partial charge in [-0.15, -0.1) is 10.2 Å². The van der Waals surface area contributed by atoms with E-state index in [0.717, 1.165) is 24.2 Å². The van der Waals surface area contributed by atoms with Gasteiger partial charge in [-0.25, -0.2) is 18.5 Å². The summed E-state index contributed by atoms with van der Waals surface area (Å²) in [6, 6.07) is 6.37. The molecule has 9 heteroatoms. The Labute approximate surface area is 145 Å². The van der Waals surface area contributed by atoms with Crippen LogP contribution < -0.4 is 10.5 Å². The second-order valence-corrected chi connectivity index (χ2v) is 7.85. The van der Waals surface area contributed by atoms with Crippen LogP contribution >= 0.6 is 0 Å². The highest BCUT2D eigenvalue weighted by Gasteiger charge is 2.29. The van der Waals surface area contributed by atoms with Crippen LogP contribution in [0.5, 0.6) is 0 Å².